The van der Waals surface area contributed by atoms with Gasteiger partial charge in [-0.3, -0.25) is 0 Å². The van der Waals surface area contributed by atoms with E-state index in [1.54, 1.807) is 0 Å². The van der Waals surface area contributed by atoms with Gasteiger partial charge in [-0.15, -0.1) is 0 Å². The SMILES string of the molecule is CC(C)(C)OC(=O)NCC12COCC(CO)(C1)C2. The number of aliphatic hydroxyl groups is 1. The molecule has 0 aromatic carbocycles. The van der Waals surface area contributed by atoms with Gasteiger partial charge in [-0.2, -0.15) is 0 Å². The first-order valence-corrected chi connectivity index (χ1v) is 6.44. The standard InChI is InChI=1S/C13H23NO4/c1-11(2,3)18-10(16)14-6-12-4-13(5-12,7-15)9-17-8-12/h15H,4-9H2,1-3H3,(H,14,16). The first-order valence-electron chi connectivity index (χ1n) is 6.44. The molecule has 0 aromatic heterocycles. The Morgan fingerprint density at radius 1 is 1.33 bits per heavy atom. The Hall–Kier alpha value is -0.810. The number of carbonyl (C=O) groups excluding carboxylic acids is 1. The molecule has 0 spiro atoms. The minimum atomic E-state index is -0.473. The Labute approximate surface area is 108 Å². The van der Waals surface area contributed by atoms with Gasteiger partial charge in [0.1, 0.15) is 5.60 Å². The quantitative estimate of drug-likeness (QED) is 0.799. The first-order chi connectivity index (χ1) is 8.28. The Morgan fingerprint density at radius 3 is 2.50 bits per heavy atom. The van der Waals surface area contributed by atoms with Crippen molar-refractivity contribution in [3.8, 4) is 0 Å². The summed E-state index contributed by atoms with van der Waals surface area (Å²) in [4.78, 5) is 11.6. The lowest BCUT2D eigenvalue weighted by Gasteiger charge is -2.59. The number of nitrogens with one attached hydrogen (secondary N) is 1. The van der Waals surface area contributed by atoms with Crippen molar-refractivity contribution >= 4 is 6.09 Å². The lowest BCUT2D eigenvalue weighted by Crippen LogP contribution is -2.62. The molecule has 3 fully saturated rings. The smallest absolute Gasteiger partial charge is 0.407 e. The van der Waals surface area contributed by atoms with Crippen LogP contribution in [0.5, 0.6) is 0 Å². The van der Waals surface area contributed by atoms with Crippen molar-refractivity contribution in [2.75, 3.05) is 26.4 Å². The van der Waals surface area contributed by atoms with Crippen molar-refractivity contribution in [1.29, 1.82) is 0 Å². The number of aliphatic hydroxyl groups excluding tert-OH is 1. The molecule has 1 aliphatic carbocycles. The molecule has 5 nitrogen and oxygen atoms in total. The van der Waals surface area contributed by atoms with E-state index < -0.39 is 5.60 Å². The number of fused-ring (bicyclic) bond motifs is 2. The highest BCUT2D eigenvalue weighted by Crippen LogP contribution is 2.57. The van der Waals surface area contributed by atoms with Gasteiger partial charge in [0.2, 0.25) is 0 Å². The number of carbonyl (C=O) groups is 1. The molecule has 18 heavy (non-hydrogen) atoms. The summed E-state index contributed by atoms with van der Waals surface area (Å²) in [5, 5.41) is 12.1. The minimum absolute atomic E-state index is 0.00210. The highest BCUT2D eigenvalue weighted by molar-refractivity contribution is 5.67. The van der Waals surface area contributed by atoms with Crippen molar-refractivity contribution in [2.24, 2.45) is 10.8 Å². The lowest BCUT2D eigenvalue weighted by molar-refractivity contribution is -0.205. The molecule has 0 radical (unpaired) electrons. The first kappa shape index (κ1) is 13.6. The van der Waals surface area contributed by atoms with Crippen LogP contribution in [0.2, 0.25) is 0 Å². The van der Waals surface area contributed by atoms with Crippen LogP contribution in [-0.4, -0.2) is 43.2 Å². The molecule has 0 unspecified atom stereocenters. The zero-order valence-corrected chi connectivity index (χ0v) is 11.4. The number of amides is 1. The summed E-state index contributed by atoms with van der Waals surface area (Å²) in [6.07, 6.45) is 1.46. The molecule has 2 bridgehead atoms. The van der Waals surface area contributed by atoms with E-state index in [1.807, 2.05) is 20.8 Å². The molecule has 5 heteroatoms. The average Bonchev–Trinajstić information content (AvgIpc) is 2.23. The van der Waals surface area contributed by atoms with Gasteiger partial charge in [-0.1, -0.05) is 0 Å². The van der Waals surface area contributed by atoms with Crippen LogP contribution in [0.3, 0.4) is 0 Å². The van der Waals surface area contributed by atoms with E-state index >= 15 is 0 Å². The highest BCUT2D eigenvalue weighted by Gasteiger charge is 2.57. The predicted molar refractivity (Wildman–Crippen MR) is 66.2 cm³/mol. The van der Waals surface area contributed by atoms with Crippen molar-refractivity contribution in [3.05, 3.63) is 0 Å². The van der Waals surface area contributed by atoms with E-state index in [0.29, 0.717) is 19.8 Å². The van der Waals surface area contributed by atoms with Crippen LogP contribution >= 0.6 is 0 Å². The zero-order chi connectivity index (χ0) is 13.4. The Morgan fingerprint density at radius 2 is 1.94 bits per heavy atom. The van der Waals surface area contributed by atoms with E-state index in [-0.39, 0.29) is 23.5 Å². The van der Waals surface area contributed by atoms with Crippen LogP contribution in [0.15, 0.2) is 0 Å². The fourth-order valence-corrected chi connectivity index (χ4v) is 3.13. The Balaban J connectivity index is 1.80. The molecule has 0 aromatic rings. The van der Waals surface area contributed by atoms with E-state index in [0.717, 1.165) is 12.8 Å². The summed E-state index contributed by atoms with van der Waals surface area (Å²) in [6.45, 7) is 7.55. The van der Waals surface area contributed by atoms with Crippen molar-refractivity contribution in [1.82, 2.24) is 5.32 Å². The molecule has 3 rings (SSSR count). The fourth-order valence-electron chi connectivity index (χ4n) is 3.13. The third-order valence-electron chi connectivity index (χ3n) is 3.66. The highest BCUT2D eigenvalue weighted by atomic mass is 16.6. The van der Waals surface area contributed by atoms with E-state index in [9.17, 15) is 9.90 Å². The van der Waals surface area contributed by atoms with Crippen LogP contribution in [0, 0.1) is 10.8 Å². The summed E-state index contributed by atoms with van der Waals surface area (Å²) in [7, 11) is 0. The number of hydrogen-bond donors (Lipinski definition) is 2. The minimum Gasteiger partial charge on any atom is -0.444 e. The van der Waals surface area contributed by atoms with E-state index in [2.05, 4.69) is 5.32 Å². The Bertz CT molecular complexity index is 328. The second-order valence-corrected chi connectivity index (χ2v) is 6.86. The Kier molecular flexibility index (Phi) is 3.32. The second-order valence-electron chi connectivity index (χ2n) is 6.86. The third kappa shape index (κ3) is 2.78. The molecular weight excluding hydrogens is 234 g/mol. The molecule has 104 valence electrons. The molecule has 2 N–H and O–H groups in total. The number of hydrogen-bond acceptors (Lipinski definition) is 4. The molecule has 1 amide bonds. The van der Waals surface area contributed by atoms with Gasteiger partial charge in [0.15, 0.2) is 0 Å². The maximum absolute atomic E-state index is 11.6. The summed E-state index contributed by atoms with van der Waals surface area (Å²) in [6, 6.07) is 0. The predicted octanol–water partition coefficient (Wildman–Crippen LogP) is 1.30. The lowest BCUT2D eigenvalue weighted by atomic mass is 9.52. The van der Waals surface area contributed by atoms with Crippen LogP contribution < -0.4 is 5.32 Å². The van der Waals surface area contributed by atoms with Gasteiger partial charge in [-0.05, 0) is 33.6 Å². The van der Waals surface area contributed by atoms with Crippen LogP contribution in [-0.2, 0) is 9.47 Å². The number of ether oxygens (including phenoxy) is 2. The molecule has 1 saturated carbocycles. The van der Waals surface area contributed by atoms with E-state index in [1.165, 1.54) is 0 Å². The van der Waals surface area contributed by atoms with Crippen molar-refractivity contribution < 1.29 is 19.4 Å². The monoisotopic (exact) mass is 257 g/mol. The number of rotatable bonds is 3. The molecule has 2 aliphatic heterocycles. The van der Waals surface area contributed by atoms with E-state index in [4.69, 9.17) is 9.47 Å². The van der Waals surface area contributed by atoms with Crippen molar-refractivity contribution in [3.63, 3.8) is 0 Å². The van der Waals surface area contributed by atoms with Gasteiger partial charge in [0, 0.05) is 17.4 Å². The van der Waals surface area contributed by atoms with Crippen LogP contribution in [0.25, 0.3) is 0 Å². The third-order valence-corrected chi connectivity index (χ3v) is 3.66. The summed E-state index contributed by atoms with van der Waals surface area (Å²) in [5.74, 6) is 0. The van der Waals surface area contributed by atoms with Gasteiger partial charge < -0.3 is 19.9 Å². The number of alkyl carbamates (subject to hydrolysis) is 1. The molecular formula is C13H23NO4. The maximum Gasteiger partial charge on any atom is 0.407 e. The molecule has 0 atom stereocenters. The molecule has 2 saturated heterocycles. The van der Waals surface area contributed by atoms with Gasteiger partial charge >= 0.3 is 6.09 Å². The molecule has 3 aliphatic rings. The molecule has 2 heterocycles. The van der Waals surface area contributed by atoms with Crippen LogP contribution in [0.4, 0.5) is 4.79 Å². The average molecular weight is 257 g/mol. The van der Waals surface area contributed by atoms with Gasteiger partial charge in [0.25, 0.3) is 0 Å². The summed E-state index contributed by atoms with van der Waals surface area (Å²) in [5.41, 5.74) is -0.537. The maximum atomic E-state index is 11.6. The van der Waals surface area contributed by atoms with Gasteiger partial charge in [-0.25, -0.2) is 4.79 Å². The second kappa shape index (κ2) is 4.38. The normalized spacial score (nSPS) is 34.7. The fraction of sp³-hybridized carbons (Fsp3) is 0.923. The van der Waals surface area contributed by atoms with Crippen LogP contribution in [0.1, 0.15) is 33.6 Å². The van der Waals surface area contributed by atoms with Gasteiger partial charge in [0.05, 0.1) is 19.8 Å². The summed E-state index contributed by atoms with van der Waals surface area (Å²) >= 11 is 0. The van der Waals surface area contributed by atoms with Crippen molar-refractivity contribution in [2.45, 2.75) is 39.2 Å². The zero-order valence-electron chi connectivity index (χ0n) is 11.4. The topological polar surface area (TPSA) is 67.8 Å². The summed E-state index contributed by atoms with van der Waals surface area (Å²) < 4.78 is 10.7. The largest absolute Gasteiger partial charge is 0.444 e.